The highest BCUT2D eigenvalue weighted by Crippen LogP contribution is 1.89. The Kier molecular flexibility index (Phi) is 5.96. The second kappa shape index (κ2) is 7.99. The molecule has 0 aromatic rings. The van der Waals surface area contributed by atoms with Crippen LogP contribution in [0.25, 0.3) is 0 Å². The summed E-state index contributed by atoms with van der Waals surface area (Å²) in [6.45, 7) is 0.744. The molecule has 0 saturated heterocycles. The van der Waals surface area contributed by atoms with E-state index in [-0.39, 0.29) is 0 Å². The standard InChI is InChI=1S/C13H15N/c1-2-4-6-8-10-12-14-13-11-9-7-5-3-1/h1-2,4-12H,3,13H2/b2-1+,6-4-,7-5-,10-8-,11-9-,14-12?. The fourth-order valence-corrected chi connectivity index (χ4v) is 0.957. The van der Waals surface area contributed by atoms with Gasteiger partial charge in [0.1, 0.15) is 0 Å². The molecule has 0 N–H and O–H groups in total. The summed E-state index contributed by atoms with van der Waals surface area (Å²) in [7, 11) is 0. The zero-order valence-electron chi connectivity index (χ0n) is 8.21. The summed E-state index contributed by atoms with van der Waals surface area (Å²) in [5, 5.41) is 0. The lowest BCUT2D eigenvalue weighted by molar-refractivity contribution is 1.26. The highest BCUT2D eigenvalue weighted by Gasteiger charge is 1.71. The maximum Gasteiger partial charge on any atom is 0.0573 e. The molecule has 0 unspecified atom stereocenters. The van der Waals surface area contributed by atoms with E-state index in [1.54, 1.807) is 0 Å². The Morgan fingerprint density at radius 3 is 2.21 bits per heavy atom. The van der Waals surface area contributed by atoms with Crippen LogP contribution in [0.15, 0.2) is 65.8 Å². The van der Waals surface area contributed by atoms with Gasteiger partial charge in [-0.15, -0.1) is 0 Å². The van der Waals surface area contributed by atoms with Crippen LogP contribution in [-0.2, 0) is 0 Å². The lowest BCUT2D eigenvalue weighted by Gasteiger charge is -1.82. The van der Waals surface area contributed by atoms with Crippen LogP contribution in [0.5, 0.6) is 0 Å². The van der Waals surface area contributed by atoms with Crippen molar-refractivity contribution in [2.45, 2.75) is 6.42 Å². The van der Waals surface area contributed by atoms with E-state index in [1.807, 2.05) is 54.8 Å². The lowest BCUT2D eigenvalue weighted by Crippen LogP contribution is -1.72. The van der Waals surface area contributed by atoms with E-state index >= 15 is 0 Å². The van der Waals surface area contributed by atoms with E-state index in [9.17, 15) is 0 Å². The molecular weight excluding hydrogens is 170 g/mol. The molecular formula is C13H15N. The van der Waals surface area contributed by atoms with Gasteiger partial charge in [0.15, 0.2) is 0 Å². The molecule has 0 saturated carbocycles. The molecule has 1 nitrogen and oxygen atoms in total. The highest BCUT2D eigenvalue weighted by atomic mass is 14.7. The third-order valence-electron chi connectivity index (χ3n) is 1.64. The topological polar surface area (TPSA) is 12.4 Å². The Hall–Kier alpha value is -1.63. The maximum atomic E-state index is 4.17. The van der Waals surface area contributed by atoms with Crippen molar-refractivity contribution in [2.24, 2.45) is 4.99 Å². The number of hydrogen-bond acceptors (Lipinski definition) is 1. The number of allylic oxidation sites excluding steroid dienone is 9. The van der Waals surface area contributed by atoms with Gasteiger partial charge in [0.05, 0.1) is 6.54 Å². The molecule has 1 aliphatic heterocycles. The number of rotatable bonds is 0. The lowest BCUT2D eigenvalue weighted by atomic mass is 10.3. The summed E-state index contributed by atoms with van der Waals surface area (Å²) >= 11 is 0. The number of nitrogens with zero attached hydrogens (tertiary/aromatic N) is 1. The molecule has 0 aliphatic carbocycles. The molecule has 0 atom stereocenters. The first-order valence-corrected chi connectivity index (χ1v) is 4.80. The van der Waals surface area contributed by atoms with E-state index < -0.39 is 0 Å². The van der Waals surface area contributed by atoms with Crippen LogP contribution >= 0.6 is 0 Å². The van der Waals surface area contributed by atoms with Gasteiger partial charge < -0.3 is 0 Å². The van der Waals surface area contributed by atoms with Gasteiger partial charge >= 0.3 is 0 Å². The minimum Gasteiger partial charge on any atom is -0.289 e. The molecule has 72 valence electrons. The largest absolute Gasteiger partial charge is 0.289 e. The Labute approximate surface area is 85.6 Å². The van der Waals surface area contributed by atoms with Gasteiger partial charge in [-0.05, 0) is 12.5 Å². The van der Waals surface area contributed by atoms with Crippen LogP contribution in [0.2, 0.25) is 0 Å². The smallest absolute Gasteiger partial charge is 0.0573 e. The second-order valence-electron chi connectivity index (χ2n) is 2.80. The summed E-state index contributed by atoms with van der Waals surface area (Å²) < 4.78 is 0. The Bertz CT molecular complexity index is 269. The van der Waals surface area contributed by atoms with Crippen molar-refractivity contribution >= 4 is 6.21 Å². The Morgan fingerprint density at radius 2 is 1.29 bits per heavy atom. The summed E-state index contributed by atoms with van der Waals surface area (Å²) in [4.78, 5) is 4.17. The van der Waals surface area contributed by atoms with E-state index in [0.29, 0.717) is 0 Å². The molecule has 1 heteroatoms. The van der Waals surface area contributed by atoms with E-state index in [0.717, 1.165) is 13.0 Å². The van der Waals surface area contributed by atoms with Crippen molar-refractivity contribution in [3.8, 4) is 0 Å². The third kappa shape index (κ3) is 5.95. The Morgan fingerprint density at radius 1 is 0.643 bits per heavy atom. The highest BCUT2D eigenvalue weighted by molar-refractivity contribution is 5.71. The van der Waals surface area contributed by atoms with E-state index in [2.05, 4.69) is 17.1 Å². The fourth-order valence-electron chi connectivity index (χ4n) is 0.957. The predicted octanol–water partition coefficient (Wildman–Crippen LogP) is 3.24. The average Bonchev–Trinajstić information content (AvgIpc) is 2.22. The van der Waals surface area contributed by atoms with Crippen molar-refractivity contribution in [3.63, 3.8) is 0 Å². The SMILES string of the molecule is C1=NC/C=C\C=C/C/C=C/C=C\C=C/1. The normalized spacial score (nSPS) is 28.6. The van der Waals surface area contributed by atoms with Crippen LogP contribution in [0.4, 0.5) is 0 Å². The molecule has 0 aromatic heterocycles. The van der Waals surface area contributed by atoms with Crippen molar-refractivity contribution in [3.05, 3.63) is 60.8 Å². The van der Waals surface area contributed by atoms with Gasteiger partial charge in [-0.3, -0.25) is 4.99 Å². The number of aliphatic imine (C=N–C) groups is 1. The molecule has 14 heavy (non-hydrogen) atoms. The summed E-state index contributed by atoms with van der Waals surface area (Å²) in [6, 6.07) is 0. The molecule has 0 bridgehead atoms. The molecule has 0 radical (unpaired) electrons. The van der Waals surface area contributed by atoms with E-state index in [4.69, 9.17) is 0 Å². The quantitative estimate of drug-likeness (QED) is 0.549. The zero-order chi connectivity index (χ0) is 9.90. The zero-order valence-corrected chi connectivity index (χ0v) is 8.21. The summed E-state index contributed by atoms with van der Waals surface area (Å²) in [5.74, 6) is 0. The number of hydrogen-bond donors (Lipinski definition) is 0. The van der Waals surface area contributed by atoms with Gasteiger partial charge in [-0.1, -0.05) is 54.7 Å². The molecule has 0 spiro atoms. The Balaban J connectivity index is 2.55. The van der Waals surface area contributed by atoms with Gasteiger partial charge in [0.25, 0.3) is 0 Å². The second-order valence-corrected chi connectivity index (χ2v) is 2.80. The minimum absolute atomic E-state index is 0.744. The molecule has 1 aliphatic rings. The molecule has 0 fully saturated rings. The van der Waals surface area contributed by atoms with Gasteiger partial charge in [-0.2, -0.15) is 0 Å². The van der Waals surface area contributed by atoms with Crippen LogP contribution in [0.3, 0.4) is 0 Å². The van der Waals surface area contributed by atoms with Crippen molar-refractivity contribution < 1.29 is 0 Å². The monoisotopic (exact) mass is 185 g/mol. The first kappa shape index (κ1) is 10.5. The van der Waals surface area contributed by atoms with Gasteiger partial charge in [0, 0.05) is 6.21 Å². The van der Waals surface area contributed by atoms with E-state index in [1.165, 1.54) is 0 Å². The van der Waals surface area contributed by atoms with Crippen LogP contribution in [-0.4, -0.2) is 12.8 Å². The maximum absolute atomic E-state index is 4.17. The third-order valence-corrected chi connectivity index (χ3v) is 1.64. The summed E-state index contributed by atoms with van der Waals surface area (Å²) in [6.07, 6.45) is 23.1. The fraction of sp³-hybridized carbons (Fsp3) is 0.154. The molecule has 0 aromatic carbocycles. The molecule has 1 rings (SSSR count). The van der Waals surface area contributed by atoms with Crippen LogP contribution in [0.1, 0.15) is 6.42 Å². The van der Waals surface area contributed by atoms with Gasteiger partial charge in [-0.25, -0.2) is 0 Å². The summed E-state index contributed by atoms with van der Waals surface area (Å²) in [5.41, 5.74) is 0. The minimum atomic E-state index is 0.744. The first-order chi connectivity index (χ1) is 7.00. The molecule has 1 heterocycles. The predicted molar refractivity (Wildman–Crippen MR) is 63.7 cm³/mol. The van der Waals surface area contributed by atoms with Crippen LogP contribution < -0.4 is 0 Å². The average molecular weight is 185 g/mol. The van der Waals surface area contributed by atoms with Gasteiger partial charge in [0.2, 0.25) is 0 Å². The van der Waals surface area contributed by atoms with Crippen LogP contribution in [0, 0.1) is 0 Å². The van der Waals surface area contributed by atoms with Crippen molar-refractivity contribution in [1.82, 2.24) is 0 Å². The van der Waals surface area contributed by atoms with Crippen molar-refractivity contribution in [2.75, 3.05) is 6.54 Å². The van der Waals surface area contributed by atoms with Crippen molar-refractivity contribution in [1.29, 1.82) is 0 Å². The molecule has 0 amide bonds. The first-order valence-electron chi connectivity index (χ1n) is 4.80.